The molecule has 1 aromatic carbocycles. The molecule has 0 aliphatic rings. The molecule has 2 rings (SSSR count). The van der Waals surface area contributed by atoms with E-state index in [-0.39, 0.29) is 5.01 Å². The molecule has 0 spiro atoms. The first-order chi connectivity index (χ1) is 8.69. The van der Waals surface area contributed by atoms with E-state index in [0.717, 1.165) is 4.90 Å². The van der Waals surface area contributed by atoms with E-state index >= 15 is 0 Å². The van der Waals surface area contributed by atoms with Crippen molar-refractivity contribution in [3.63, 3.8) is 0 Å². The Bertz CT molecular complexity index is 559. The first-order valence-corrected chi connectivity index (χ1v) is 7.14. The second-order valence-electron chi connectivity index (χ2n) is 3.15. The smallest absolute Gasteiger partial charge is 0.369 e. The van der Waals surface area contributed by atoms with Crippen molar-refractivity contribution in [3.8, 4) is 0 Å². The largest absolute Gasteiger partial charge is 0.461 e. The van der Waals surface area contributed by atoms with Gasteiger partial charge in [0.15, 0.2) is 4.34 Å². The molecule has 0 bridgehead atoms. The SMILES string of the molecule is CCOC(=O)c1nnc(Sc2cccc(Cl)c2)s1. The van der Waals surface area contributed by atoms with Crippen LogP contribution in [-0.4, -0.2) is 22.8 Å². The summed E-state index contributed by atoms with van der Waals surface area (Å²) in [5.41, 5.74) is 0. The number of carbonyl (C=O) groups excluding carboxylic acids is 1. The van der Waals surface area contributed by atoms with Gasteiger partial charge in [-0.3, -0.25) is 0 Å². The second-order valence-corrected chi connectivity index (χ2v) is 5.89. The van der Waals surface area contributed by atoms with E-state index in [4.69, 9.17) is 16.3 Å². The molecule has 1 aromatic heterocycles. The van der Waals surface area contributed by atoms with Crippen molar-refractivity contribution in [1.82, 2.24) is 10.2 Å². The van der Waals surface area contributed by atoms with Crippen molar-refractivity contribution in [2.45, 2.75) is 16.2 Å². The van der Waals surface area contributed by atoms with E-state index in [1.165, 1.54) is 23.1 Å². The lowest BCUT2D eigenvalue weighted by Gasteiger charge is -1.96. The number of ether oxygens (including phenoxy) is 1. The third-order valence-electron chi connectivity index (χ3n) is 1.86. The van der Waals surface area contributed by atoms with Gasteiger partial charge in [-0.15, -0.1) is 10.2 Å². The Kier molecular flexibility index (Phi) is 4.57. The number of nitrogens with zero attached hydrogens (tertiary/aromatic N) is 2. The monoisotopic (exact) mass is 300 g/mol. The van der Waals surface area contributed by atoms with Crippen LogP contribution in [0.2, 0.25) is 5.02 Å². The minimum absolute atomic E-state index is 0.265. The molecule has 1 heterocycles. The summed E-state index contributed by atoms with van der Waals surface area (Å²) < 4.78 is 5.53. The van der Waals surface area contributed by atoms with Gasteiger partial charge < -0.3 is 4.74 Å². The number of hydrogen-bond acceptors (Lipinski definition) is 6. The predicted octanol–water partition coefficient (Wildman–Crippen LogP) is 3.52. The molecule has 0 amide bonds. The van der Waals surface area contributed by atoms with Crippen molar-refractivity contribution in [1.29, 1.82) is 0 Å². The van der Waals surface area contributed by atoms with Crippen molar-refractivity contribution in [2.24, 2.45) is 0 Å². The lowest BCUT2D eigenvalue weighted by molar-refractivity contribution is 0.0525. The highest BCUT2D eigenvalue weighted by atomic mass is 35.5. The zero-order chi connectivity index (χ0) is 13.0. The van der Waals surface area contributed by atoms with Crippen LogP contribution in [0.15, 0.2) is 33.5 Å². The van der Waals surface area contributed by atoms with Gasteiger partial charge in [-0.25, -0.2) is 4.79 Å². The van der Waals surface area contributed by atoms with Gasteiger partial charge >= 0.3 is 5.97 Å². The van der Waals surface area contributed by atoms with Gasteiger partial charge in [-0.1, -0.05) is 40.8 Å². The van der Waals surface area contributed by atoms with Gasteiger partial charge in [-0.2, -0.15) is 0 Å². The third-order valence-corrected chi connectivity index (χ3v) is 4.04. The van der Waals surface area contributed by atoms with E-state index in [1.54, 1.807) is 13.0 Å². The molecule has 0 unspecified atom stereocenters. The first-order valence-electron chi connectivity index (χ1n) is 5.13. The third kappa shape index (κ3) is 3.44. The molecule has 18 heavy (non-hydrogen) atoms. The summed E-state index contributed by atoms with van der Waals surface area (Å²) in [7, 11) is 0. The number of carbonyl (C=O) groups is 1. The predicted molar refractivity (Wildman–Crippen MR) is 71.4 cm³/mol. The van der Waals surface area contributed by atoms with E-state index in [9.17, 15) is 4.79 Å². The zero-order valence-electron chi connectivity index (χ0n) is 9.42. The summed E-state index contributed by atoms with van der Waals surface area (Å²) in [5.74, 6) is -0.437. The molecule has 0 atom stereocenters. The quantitative estimate of drug-likeness (QED) is 0.809. The minimum atomic E-state index is -0.437. The number of halogens is 1. The zero-order valence-corrected chi connectivity index (χ0v) is 11.8. The molecule has 0 N–H and O–H groups in total. The van der Waals surface area contributed by atoms with Gasteiger partial charge in [-0.05, 0) is 25.1 Å². The van der Waals surface area contributed by atoms with Crippen LogP contribution in [0.5, 0.6) is 0 Å². The highest BCUT2D eigenvalue weighted by Crippen LogP contribution is 2.31. The summed E-state index contributed by atoms with van der Waals surface area (Å²) in [4.78, 5) is 12.4. The van der Waals surface area contributed by atoms with Crippen LogP contribution in [0.25, 0.3) is 0 Å². The van der Waals surface area contributed by atoms with Crippen LogP contribution in [0, 0.1) is 0 Å². The first kappa shape index (κ1) is 13.3. The number of esters is 1. The van der Waals surface area contributed by atoms with Crippen LogP contribution in [0.4, 0.5) is 0 Å². The minimum Gasteiger partial charge on any atom is -0.461 e. The lowest BCUT2D eigenvalue weighted by atomic mass is 10.4. The summed E-state index contributed by atoms with van der Waals surface area (Å²) in [6.07, 6.45) is 0. The molecule has 0 saturated heterocycles. The molecule has 0 radical (unpaired) electrons. The molecular formula is C11H9ClN2O2S2. The molecule has 0 aliphatic heterocycles. The number of rotatable bonds is 4. The Morgan fingerprint density at radius 2 is 2.33 bits per heavy atom. The van der Waals surface area contributed by atoms with Crippen molar-refractivity contribution < 1.29 is 9.53 Å². The average molecular weight is 301 g/mol. The van der Waals surface area contributed by atoms with Crippen molar-refractivity contribution in [2.75, 3.05) is 6.61 Å². The maximum Gasteiger partial charge on any atom is 0.369 e. The number of aromatic nitrogens is 2. The summed E-state index contributed by atoms with van der Waals surface area (Å²) in [6.45, 7) is 2.08. The molecular weight excluding hydrogens is 292 g/mol. The molecule has 4 nitrogen and oxygen atoms in total. The standard InChI is InChI=1S/C11H9ClN2O2S2/c1-2-16-10(15)9-13-14-11(18-9)17-8-5-3-4-7(12)6-8/h3-6H,2H2,1H3. The Labute approximate surface area is 117 Å². The van der Waals surface area contributed by atoms with Crippen LogP contribution in [0.3, 0.4) is 0 Å². The van der Waals surface area contributed by atoms with E-state index in [1.807, 2.05) is 18.2 Å². The summed E-state index contributed by atoms with van der Waals surface area (Å²) in [6, 6.07) is 7.41. The maximum absolute atomic E-state index is 11.4. The van der Waals surface area contributed by atoms with E-state index in [0.29, 0.717) is 16.0 Å². The second kappa shape index (κ2) is 6.17. The molecule has 94 valence electrons. The molecule has 7 heteroatoms. The lowest BCUT2D eigenvalue weighted by Crippen LogP contribution is -2.03. The Morgan fingerprint density at radius 1 is 1.50 bits per heavy atom. The molecule has 2 aromatic rings. The highest BCUT2D eigenvalue weighted by molar-refractivity contribution is 8.01. The number of benzene rings is 1. The normalized spacial score (nSPS) is 10.3. The van der Waals surface area contributed by atoms with Crippen LogP contribution >= 0.6 is 34.7 Å². The fraction of sp³-hybridized carbons (Fsp3) is 0.182. The van der Waals surface area contributed by atoms with Crippen molar-refractivity contribution >= 4 is 40.7 Å². The Morgan fingerprint density at radius 3 is 3.06 bits per heavy atom. The van der Waals surface area contributed by atoms with Gasteiger partial charge in [0, 0.05) is 9.92 Å². The Balaban J connectivity index is 2.09. The molecule has 0 aliphatic carbocycles. The van der Waals surface area contributed by atoms with Crippen LogP contribution < -0.4 is 0 Å². The summed E-state index contributed by atoms with van der Waals surface area (Å²) >= 11 is 8.50. The topological polar surface area (TPSA) is 52.1 Å². The molecule has 0 fully saturated rings. The summed E-state index contributed by atoms with van der Waals surface area (Å²) in [5, 5.41) is 8.65. The fourth-order valence-electron chi connectivity index (χ4n) is 1.16. The van der Waals surface area contributed by atoms with Crippen LogP contribution in [-0.2, 0) is 4.74 Å². The van der Waals surface area contributed by atoms with Gasteiger partial charge in [0.2, 0.25) is 5.01 Å². The van der Waals surface area contributed by atoms with E-state index < -0.39 is 5.97 Å². The fourth-order valence-corrected chi connectivity index (χ4v) is 3.19. The maximum atomic E-state index is 11.4. The van der Waals surface area contributed by atoms with Gasteiger partial charge in [0.1, 0.15) is 0 Å². The Hall–Kier alpha value is -1.11. The molecule has 0 saturated carbocycles. The van der Waals surface area contributed by atoms with E-state index in [2.05, 4.69) is 10.2 Å². The average Bonchev–Trinajstić information content (AvgIpc) is 2.78. The van der Waals surface area contributed by atoms with Gasteiger partial charge in [0.25, 0.3) is 0 Å². The van der Waals surface area contributed by atoms with Crippen LogP contribution in [0.1, 0.15) is 16.7 Å². The van der Waals surface area contributed by atoms with Crippen molar-refractivity contribution in [3.05, 3.63) is 34.3 Å². The van der Waals surface area contributed by atoms with Gasteiger partial charge in [0.05, 0.1) is 6.61 Å². The number of hydrogen-bond donors (Lipinski definition) is 0. The highest BCUT2D eigenvalue weighted by Gasteiger charge is 2.14.